The van der Waals surface area contributed by atoms with E-state index in [0.717, 1.165) is 95.8 Å². The number of carbonyl (C=O) groups excluding carboxylic acids is 4. The Morgan fingerprint density at radius 3 is 0.716 bits per heavy atom. The Labute approximate surface area is 581 Å². The highest BCUT2D eigenvalue weighted by molar-refractivity contribution is 7.47. The summed E-state index contributed by atoms with van der Waals surface area (Å²) in [6, 6.07) is 0. The standard InChI is InChI=1S/C76H148O17P2/c1-6-9-12-15-18-21-24-27-28-29-30-31-32-35-42-47-52-57-62-76(81)93-72(66-87-74(79)60-55-50-45-40-37-36-38-43-48-53-58-69(4)5)68-91-95(84,85)89-64-70(77)63-88-94(82,83)90-67-71(92-75(80)61-56-51-46-41-34-26-23-20-17-14-11-8-3)65-86-73(78)59-54-49-44-39-33-25-22-19-16-13-10-7-2/h69-72,77H,6-68H2,1-5H3,(H,82,83)(H,84,85)/t70-,71+,72+/m0/s1. The SMILES string of the molecule is CCCCCCCCCCCCCCCCCCCCC(=O)O[C@H](COC(=O)CCCCCCCCCCCCC(C)C)COP(=O)(O)OC[C@@H](O)COP(=O)(O)OC[C@@H](COC(=O)CCCCCCCCCCCCCC)OC(=O)CCCCCCCCCCCCCC. The Morgan fingerprint density at radius 1 is 0.284 bits per heavy atom. The Hall–Kier alpha value is -1.94. The number of aliphatic hydroxyl groups excluding tert-OH is 1. The molecule has 3 N–H and O–H groups in total. The zero-order valence-electron chi connectivity index (χ0n) is 61.8. The molecule has 0 saturated carbocycles. The van der Waals surface area contributed by atoms with Gasteiger partial charge in [0.05, 0.1) is 26.4 Å². The van der Waals surface area contributed by atoms with E-state index in [1.54, 1.807) is 0 Å². The van der Waals surface area contributed by atoms with Crippen LogP contribution in [0.25, 0.3) is 0 Å². The molecule has 17 nitrogen and oxygen atoms in total. The molecule has 0 aromatic rings. The first-order valence-electron chi connectivity index (χ1n) is 39.6. The minimum atomic E-state index is -4.96. The van der Waals surface area contributed by atoms with Crippen LogP contribution in [-0.2, 0) is 65.4 Å². The average Bonchev–Trinajstić information content (AvgIpc) is 1.60. The van der Waals surface area contributed by atoms with Crippen molar-refractivity contribution in [2.24, 2.45) is 5.92 Å². The van der Waals surface area contributed by atoms with E-state index < -0.39 is 97.5 Å². The van der Waals surface area contributed by atoms with Crippen LogP contribution in [0.4, 0.5) is 0 Å². The number of unbranched alkanes of at least 4 members (excludes halogenated alkanes) is 48. The summed E-state index contributed by atoms with van der Waals surface area (Å²) in [5, 5.41) is 10.6. The van der Waals surface area contributed by atoms with Gasteiger partial charge in [0.2, 0.25) is 0 Å². The van der Waals surface area contributed by atoms with E-state index in [1.807, 2.05) is 0 Å². The van der Waals surface area contributed by atoms with Gasteiger partial charge in [-0.15, -0.1) is 0 Å². The zero-order chi connectivity index (χ0) is 69.8. The first-order valence-corrected chi connectivity index (χ1v) is 42.6. The summed E-state index contributed by atoms with van der Waals surface area (Å²) >= 11 is 0. The Kier molecular flexibility index (Phi) is 67.7. The number of hydrogen-bond donors (Lipinski definition) is 3. The molecule has 0 bridgehead atoms. The topological polar surface area (TPSA) is 237 Å². The second-order valence-corrected chi connectivity index (χ2v) is 30.8. The van der Waals surface area contributed by atoms with Crippen molar-refractivity contribution in [3.05, 3.63) is 0 Å². The van der Waals surface area contributed by atoms with Crippen LogP contribution in [0.1, 0.15) is 401 Å². The number of phosphoric acid groups is 2. The number of ether oxygens (including phenoxy) is 4. The van der Waals surface area contributed by atoms with E-state index in [0.29, 0.717) is 25.7 Å². The lowest BCUT2D eigenvalue weighted by molar-refractivity contribution is -0.161. The van der Waals surface area contributed by atoms with Gasteiger partial charge >= 0.3 is 39.5 Å². The molecule has 0 aromatic heterocycles. The van der Waals surface area contributed by atoms with E-state index in [4.69, 9.17) is 37.0 Å². The fraction of sp³-hybridized carbons (Fsp3) is 0.947. The first kappa shape index (κ1) is 93.1. The van der Waals surface area contributed by atoms with Gasteiger partial charge in [0, 0.05) is 25.7 Å². The van der Waals surface area contributed by atoms with Crippen LogP contribution < -0.4 is 0 Å². The van der Waals surface area contributed by atoms with Crippen molar-refractivity contribution in [1.29, 1.82) is 0 Å². The molecular weight excluding hydrogens is 1250 g/mol. The predicted octanol–water partition coefficient (Wildman–Crippen LogP) is 22.5. The molecule has 0 saturated heterocycles. The molecule has 0 amide bonds. The summed E-state index contributed by atoms with van der Waals surface area (Å²) < 4.78 is 68.5. The lowest BCUT2D eigenvalue weighted by atomic mass is 10.0. The number of carbonyl (C=O) groups is 4. The fourth-order valence-corrected chi connectivity index (χ4v) is 13.3. The third-order valence-corrected chi connectivity index (χ3v) is 19.7. The highest BCUT2D eigenvalue weighted by Gasteiger charge is 2.30. The van der Waals surface area contributed by atoms with Crippen LogP contribution in [0.2, 0.25) is 0 Å². The van der Waals surface area contributed by atoms with Crippen LogP contribution in [0, 0.1) is 5.92 Å². The Morgan fingerprint density at radius 2 is 0.484 bits per heavy atom. The summed E-state index contributed by atoms with van der Waals surface area (Å²) in [6.45, 7) is 7.29. The highest BCUT2D eigenvalue weighted by Crippen LogP contribution is 2.45. The van der Waals surface area contributed by atoms with E-state index >= 15 is 0 Å². The molecule has 0 aliphatic carbocycles. The van der Waals surface area contributed by atoms with Gasteiger partial charge in [0.25, 0.3) is 0 Å². The van der Waals surface area contributed by atoms with Gasteiger partial charge in [-0.3, -0.25) is 37.3 Å². The Balaban J connectivity index is 5.24. The second kappa shape index (κ2) is 69.2. The highest BCUT2D eigenvalue weighted by atomic mass is 31.2. The molecule has 0 aliphatic rings. The summed E-state index contributed by atoms with van der Waals surface area (Å²) in [5.41, 5.74) is 0. The smallest absolute Gasteiger partial charge is 0.462 e. The van der Waals surface area contributed by atoms with Gasteiger partial charge < -0.3 is 33.8 Å². The second-order valence-electron chi connectivity index (χ2n) is 27.9. The first-order chi connectivity index (χ1) is 46.0. The fourth-order valence-electron chi connectivity index (χ4n) is 11.7. The number of esters is 4. The monoisotopic (exact) mass is 1400 g/mol. The normalized spacial score (nSPS) is 13.9. The molecule has 5 atom stereocenters. The molecule has 95 heavy (non-hydrogen) atoms. The van der Waals surface area contributed by atoms with Gasteiger partial charge in [-0.05, 0) is 31.6 Å². The maximum Gasteiger partial charge on any atom is 0.472 e. The van der Waals surface area contributed by atoms with Gasteiger partial charge in [0.1, 0.15) is 19.3 Å². The minimum absolute atomic E-state index is 0.108. The van der Waals surface area contributed by atoms with Crippen LogP contribution in [0.3, 0.4) is 0 Å². The number of phosphoric ester groups is 2. The van der Waals surface area contributed by atoms with E-state index in [1.165, 1.54) is 225 Å². The molecule has 0 aromatic carbocycles. The molecule has 0 spiro atoms. The van der Waals surface area contributed by atoms with Crippen molar-refractivity contribution in [1.82, 2.24) is 0 Å². The van der Waals surface area contributed by atoms with Crippen molar-refractivity contribution >= 4 is 39.5 Å². The summed E-state index contributed by atoms with van der Waals surface area (Å²) in [6.07, 6.45) is 58.1. The third-order valence-electron chi connectivity index (χ3n) is 17.8. The molecular formula is C76H148O17P2. The summed E-state index contributed by atoms with van der Waals surface area (Å²) in [5.74, 6) is -1.35. The van der Waals surface area contributed by atoms with Gasteiger partial charge in [0.15, 0.2) is 12.2 Å². The average molecular weight is 1400 g/mol. The van der Waals surface area contributed by atoms with Crippen LogP contribution in [0.15, 0.2) is 0 Å². The van der Waals surface area contributed by atoms with E-state index in [2.05, 4.69) is 34.6 Å². The molecule has 0 rings (SSSR count). The maximum atomic E-state index is 13.1. The summed E-state index contributed by atoms with van der Waals surface area (Å²) in [7, 11) is -9.91. The van der Waals surface area contributed by atoms with Gasteiger partial charge in [-0.2, -0.15) is 0 Å². The van der Waals surface area contributed by atoms with Crippen molar-refractivity contribution in [2.75, 3.05) is 39.6 Å². The third kappa shape index (κ3) is 70.3. The van der Waals surface area contributed by atoms with Crippen molar-refractivity contribution in [3.8, 4) is 0 Å². The van der Waals surface area contributed by atoms with Crippen molar-refractivity contribution < 1.29 is 80.2 Å². The predicted molar refractivity (Wildman–Crippen MR) is 386 cm³/mol. The minimum Gasteiger partial charge on any atom is -0.462 e. The van der Waals surface area contributed by atoms with Gasteiger partial charge in [-0.25, -0.2) is 9.13 Å². The molecule has 19 heteroatoms. The zero-order valence-corrected chi connectivity index (χ0v) is 63.6. The lowest BCUT2D eigenvalue weighted by Crippen LogP contribution is -2.30. The maximum absolute atomic E-state index is 13.1. The number of aliphatic hydroxyl groups is 1. The molecule has 0 aliphatic heterocycles. The van der Waals surface area contributed by atoms with Crippen LogP contribution in [-0.4, -0.2) is 96.7 Å². The molecule has 2 unspecified atom stereocenters. The molecule has 0 radical (unpaired) electrons. The summed E-state index contributed by atoms with van der Waals surface area (Å²) in [4.78, 5) is 72.8. The van der Waals surface area contributed by atoms with E-state index in [-0.39, 0.29) is 25.7 Å². The van der Waals surface area contributed by atoms with Crippen molar-refractivity contribution in [3.63, 3.8) is 0 Å². The quantitative estimate of drug-likeness (QED) is 0.0222. The lowest BCUT2D eigenvalue weighted by Gasteiger charge is -2.21. The molecule has 0 heterocycles. The number of rotatable bonds is 76. The number of hydrogen-bond acceptors (Lipinski definition) is 15. The van der Waals surface area contributed by atoms with E-state index in [9.17, 15) is 43.2 Å². The van der Waals surface area contributed by atoms with Crippen molar-refractivity contribution in [2.45, 2.75) is 419 Å². The van der Waals surface area contributed by atoms with Crippen LogP contribution in [0.5, 0.6) is 0 Å². The molecule has 564 valence electrons. The largest absolute Gasteiger partial charge is 0.472 e. The molecule has 0 fully saturated rings. The Bertz CT molecular complexity index is 1820. The van der Waals surface area contributed by atoms with Gasteiger partial charge in [-0.1, -0.05) is 349 Å². The van der Waals surface area contributed by atoms with Crippen LogP contribution >= 0.6 is 15.6 Å².